The SMILES string of the molecule is CSc1ccc(CN2CCN(c3ccc(-c4cc(-c5cnn(C)c5)cn5ncc(C#N)c45)cn3)CC2)nc1. The van der Waals surface area contributed by atoms with E-state index in [1.165, 1.54) is 4.90 Å². The molecule has 0 amide bonds. The Morgan fingerprint density at radius 3 is 2.42 bits per heavy atom. The second-order valence-corrected chi connectivity index (χ2v) is 10.2. The third-order valence-corrected chi connectivity index (χ3v) is 7.66. The molecule has 0 atom stereocenters. The van der Waals surface area contributed by atoms with Gasteiger partial charge in [-0.15, -0.1) is 11.8 Å². The lowest BCUT2D eigenvalue weighted by Crippen LogP contribution is -2.46. The van der Waals surface area contributed by atoms with E-state index in [0.29, 0.717) is 5.56 Å². The topological polar surface area (TPSA) is 91.2 Å². The average Bonchev–Trinajstić information content (AvgIpc) is 3.59. The molecule has 6 rings (SSSR count). The van der Waals surface area contributed by atoms with Gasteiger partial charge in [0.2, 0.25) is 0 Å². The van der Waals surface area contributed by atoms with E-state index < -0.39 is 0 Å². The molecule has 10 heteroatoms. The highest BCUT2D eigenvalue weighted by atomic mass is 32.2. The summed E-state index contributed by atoms with van der Waals surface area (Å²) in [4.78, 5) is 15.4. The van der Waals surface area contributed by atoms with Gasteiger partial charge >= 0.3 is 0 Å². The van der Waals surface area contributed by atoms with Gasteiger partial charge < -0.3 is 4.90 Å². The van der Waals surface area contributed by atoms with Crippen LogP contribution in [0.4, 0.5) is 5.82 Å². The number of nitrogens with zero attached hydrogens (tertiary/aromatic N) is 9. The lowest BCUT2D eigenvalue weighted by atomic mass is 10.0. The molecule has 1 saturated heterocycles. The van der Waals surface area contributed by atoms with Gasteiger partial charge in [-0.25, -0.2) is 9.50 Å². The number of aryl methyl sites for hydroxylation is 1. The molecule has 0 aliphatic carbocycles. The number of aromatic nitrogens is 6. The van der Waals surface area contributed by atoms with Gasteiger partial charge in [-0.2, -0.15) is 15.5 Å². The summed E-state index contributed by atoms with van der Waals surface area (Å²) >= 11 is 1.71. The first-order valence-corrected chi connectivity index (χ1v) is 13.7. The molecule has 0 N–H and O–H groups in total. The van der Waals surface area contributed by atoms with Crippen molar-refractivity contribution in [3.63, 3.8) is 0 Å². The molecule has 0 spiro atoms. The van der Waals surface area contributed by atoms with E-state index in [0.717, 1.165) is 72.0 Å². The van der Waals surface area contributed by atoms with Crippen LogP contribution in [0.1, 0.15) is 11.3 Å². The molecule has 38 heavy (non-hydrogen) atoms. The zero-order valence-electron chi connectivity index (χ0n) is 21.3. The van der Waals surface area contributed by atoms with Crippen molar-refractivity contribution < 1.29 is 0 Å². The quantitative estimate of drug-likeness (QED) is 0.309. The molecule has 9 nitrogen and oxygen atoms in total. The standard InChI is InChI=1S/C28H27N9S/c1-34-17-23(15-32-34)21-11-26(28-22(12-29)14-33-37(28)18-21)20-3-6-27(31-13-20)36-9-7-35(8-10-36)19-24-4-5-25(38-2)16-30-24/h3-6,11,13-18H,7-10,19H2,1-2H3. The van der Waals surface area contributed by atoms with Crippen LogP contribution in [0.25, 0.3) is 27.8 Å². The molecule has 0 unspecified atom stereocenters. The maximum Gasteiger partial charge on any atom is 0.128 e. The Morgan fingerprint density at radius 2 is 1.76 bits per heavy atom. The van der Waals surface area contributed by atoms with E-state index in [9.17, 15) is 5.26 Å². The molecule has 190 valence electrons. The van der Waals surface area contributed by atoms with E-state index >= 15 is 0 Å². The van der Waals surface area contributed by atoms with Crippen LogP contribution in [0.15, 0.2) is 72.4 Å². The summed E-state index contributed by atoms with van der Waals surface area (Å²) in [6, 6.07) is 12.8. The normalized spacial score (nSPS) is 14.2. The number of thioether (sulfide) groups is 1. The molecule has 1 aliphatic rings. The van der Waals surface area contributed by atoms with E-state index in [-0.39, 0.29) is 0 Å². The van der Waals surface area contributed by atoms with Gasteiger partial charge in [-0.1, -0.05) is 0 Å². The molecular weight excluding hydrogens is 494 g/mol. The lowest BCUT2D eigenvalue weighted by molar-refractivity contribution is 0.246. The highest BCUT2D eigenvalue weighted by Gasteiger charge is 2.20. The van der Waals surface area contributed by atoms with Crippen molar-refractivity contribution in [2.75, 3.05) is 37.3 Å². The Bertz CT molecular complexity index is 1610. The van der Waals surface area contributed by atoms with E-state index in [4.69, 9.17) is 4.98 Å². The molecule has 0 radical (unpaired) electrons. The number of hydrogen-bond donors (Lipinski definition) is 0. The minimum atomic E-state index is 0.538. The van der Waals surface area contributed by atoms with Crippen molar-refractivity contribution in [2.45, 2.75) is 11.4 Å². The summed E-state index contributed by atoms with van der Waals surface area (Å²) < 4.78 is 3.55. The number of hydrogen-bond acceptors (Lipinski definition) is 8. The minimum absolute atomic E-state index is 0.538. The van der Waals surface area contributed by atoms with Gasteiger partial charge in [0.05, 0.1) is 29.2 Å². The largest absolute Gasteiger partial charge is 0.354 e. The summed E-state index contributed by atoms with van der Waals surface area (Å²) in [6.07, 6.45) is 13.3. The molecular formula is C28H27N9S. The van der Waals surface area contributed by atoms with Crippen LogP contribution in [0.2, 0.25) is 0 Å². The summed E-state index contributed by atoms with van der Waals surface area (Å²) in [5.74, 6) is 0.962. The number of fused-ring (bicyclic) bond motifs is 1. The summed E-state index contributed by atoms with van der Waals surface area (Å²) in [7, 11) is 1.90. The molecule has 6 heterocycles. The third-order valence-electron chi connectivity index (χ3n) is 6.94. The fraction of sp³-hybridized carbons (Fsp3) is 0.250. The Hall–Kier alpha value is -4.20. The first-order valence-electron chi connectivity index (χ1n) is 12.4. The molecule has 0 aromatic carbocycles. The third kappa shape index (κ3) is 4.74. The first-order chi connectivity index (χ1) is 18.6. The van der Waals surface area contributed by atoms with Crippen LogP contribution in [-0.2, 0) is 13.6 Å². The van der Waals surface area contributed by atoms with Crippen molar-refractivity contribution in [3.05, 3.63) is 78.8 Å². The van der Waals surface area contributed by atoms with E-state index in [2.05, 4.69) is 67.6 Å². The lowest BCUT2D eigenvalue weighted by Gasteiger charge is -2.35. The number of rotatable bonds is 6. The Balaban J connectivity index is 1.21. The first kappa shape index (κ1) is 24.2. The summed E-state index contributed by atoms with van der Waals surface area (Å²) in [5.41, 5.74) is 6.26. The predicted molar refractivity (Wildman–Crippen MR) is 149 cm³/mol. The molecule has 5 aromatic rings. The van der Waals surface area contributed by atoms with E-state index in [1.807, 2.05) is 38.0 Å². The average molecular weight is 522 g/mol. The Kier molecular flexibility index (Phi) is 6.54. The van der Waals surface area contributed by atoms with Crippen LogP contribution < -0.4 is 4.90 Å². The zero-order chi connectivity index (χ0) is 26.1. The summed E-state index contributed by atoms with van der Waals surface area (Å²) in [5, 5.41) is 18.4. The molecule has 5 aromatic heterocycles. The second kappa shape index (κ2) is 10.3. The van der Waals surface area contributed by atoms with Crippen molar-refractivity contribution in [2.24, 2.45) is 7.05 Å². The fourth-order valence-corrected chi connectivity index (χ4v) is 5.24. The minimum Gasteiger partial charge on any atom is -0.354 e. The zero-order valence-corrected chi connectivity index (χ0v) is 22.1. The molecule has 1 aliphatic heterocycles. The van der Waals surface area contributed by atoms with Crippen molar-refractivity contribution >= 4 is 23.1 Å². The van der Waals surface area contributed by atoms with Crippen molar-refractivity contribution in [3.8, 4) is 28.3 Å². The number of anilines is 1. The number of piperazine rings is 1. The van der Waals surface area contributed by atoms with Crippen molar-refractivity contribution in [1.82, 2.24) is 34.3 Å². The molecule has 0 bridgehead atoms. The Morgan fingerprint density at radius 1 is 0.895 bits per heavy atom. The van der Waals surface area contributed by atoms with E-state index in [1.54, 1.807) is 27.2 Å². The summed E-state index contributed by atoms with van der Waals surface area (Å²) in [6.45, 7) is 4.62. The van der Waals surface area contributed by atoms with Gasteiger partial charge in [-0.3, -0.25) is 14.6 Å². The van der Waals surface area contributed by atoms with Gasteiger partial charge in [0, 0.05) is 91.7 Å². The molecule has 1 fully saturated rings. The maximum atomic E-state index is 9.69. The smallest absolute Gasteiger partial charge is 0.128 e. The number of pyridine rings is 3. The van der Waals surface area contributed by atoms with Gasteiger partial charge in [0.15, 0.2) is 0 Å². The van der Waals surface area contributed by atoms with Crippen LogP contribution >= 0.6 is 11.8 Å². The maximum absolute atomic E-state index is 9.69. The van der Waals surface area contributed by atoms with Crippen LogP contribution in [-0.4, -0.2) is 66.7 Å². The highest BCUT2D eigenvalue weighted by Crippen LogP contribution is 2.32. The van der Waals surface area contributed by atoms with Crippen LogP contribution in [0, 0.1) is 11.3 Å². The van der Waals surface area contributed by atoms with Crippen LogP contribution in [0.5, 0.6) is 0 Å². The predicted octanol–water partition coefficient (Wildman–Crippen LogP) is 4.11. The second-order valence-electron chi connectivity index (χ2n) is 9.37. The van der Waals surface area contributed by atoms with Crippen molar-refractivity contribution in [1.29, 1.82) is 5.26 Å². The monoisotopic (exact) mass is 521 g/mol. The number of nitriles is 1. The highest BCUT2D eigenvalue weighted by molar-refractivity contribution is 7.98. The van der Waals surface area contributed by atoms with Gasteiger partial charge in [-0.05, 0) is 36.6 Å². The molecule has 0 saturated carbocycles. The van der Waals surface area contributed by atoms with Crippen LogP contribution in [0.3, 0.4) is 0 Å². The Labute approximate surface area is 225 Å². The van der Waals surface area contributed by atoms with Gasteiger partial charge in [0.25, 0.3) is 0 Å². The fourth-order valence-electron chi connectivity index (χ4n) is 4.87. The van der Waals surface area contributed by atoms with Gasteiger partial charge in [0.1, 0.15) is 11.9 Å².